The molecule has 0 radical (unpaired) electrons. The predicted molar refractivity (Wildman–Crippen MR) is 94.9 cm³/mol. The van der Waals surface area contributed by atoms with Crippen molar-refractivity contribution >= 4 is 16.7 Å². The molecule has 142 valence electrons. The molecule has 2 atom stereocenters. The number of fused-ring (bicyclic) bond motifs is 1. The highest BCUT2D eigenvalue weighted by molar-refractivity contribution is 5.86. The minimum Gasteiger partial charge on any atom is -0.392 e. The summed E-state index contributed by atoms with van der Waals surface area (Å²) in [6.07, 6.45) is 1.68. The van der Waals surface area contributed by atoms with E-state index in [1.165, 1.54) is 0 Å². The van der Waals surface area contributed by atoms with Crippen LogP contribution in [0.25, 0.3) is 11.0 Å². The zero-order valence-electron chi connectivity index (χ0n) is 15.2. The number of aliphatic hydroxyl groups excluding tert-OH is 1. The van der Waals surface area contributed by atoms with E-state index in [2.05, 4.69) is 5.16 Å². The number of anilines is 1. The Morgan fingerprint density at radius 3 is 2.58 bits per heavy atom. The van der Waals surface area contributed by atoms with E-state index in [9.17, 15) is 5.11 Å². The van der Waals surface area contributed by atoms with E-state index in [1.54, 1.807) is 0 Å². The van der Waals surface area contributed by atoms with E-state index in [-0.39, 0.29) is 30.3 Å². The van der Waals surface area contributed by atoms with Crippen LogP contribution < -0.4 is 4.90 Å². The van der Waals surface area contributed by atoms with E-state index in [0.29, 0.717) is 42.9 Å². The van der Waals surface area contributed by atoms with Gasteiger partial charge in [-0.2, -0.15) is 0 Å². The average Bonchev–Trinajstić information content (AvgIpc) is 3.05. The van der Waals surface area contributed by atoms with Gasteiger partial charge in [-0.3, -0.25) is 0 Å². The summed E-state index contributed by atoms with van der Waals surface area (Å²) in [5, 5.41) is 14.7. The number of morpholine rings is 1. The van der Waals surface area contributed by atoms with E-state index in [0.717, 1.165) is 18.5 Å². The monoisotopic (exact) mass is 364 g/mol. The number of aliphatic hydroxyl groups is 1. The molecular formula is C19H25FN2O4. The van der Waals surface area contributed by atoms with E-state index in [4.69, 9.17) is 14.0 Å². The number of aromatic nitrogens is 1. The molecule has 3 heterocycles. The van der Waals surface area contributed by atoms with Crippen molar-refractivity contribution in [2.45, 2.75) is 51.4 Å². The second kappa shape index (κ2) is 7.13. The summed E-state index contributed by atoms with van der Waals surface area (Å²) in [5.74, 6) is -0.246. The van der Waals surface area contributed by atoms with Crippen LogP contribution in [0.2, 0.25) is 0 Å². The number of nitrogens with zero attached hydrogens (tertiary/aromatic N) is 2. The maximum Gasteiger partial charge on any atom is 0.204 e. The Bertz CT molecular complexity index is 777. The van der Waals surface area contributed by atoms with Crippen molar-refractivity contribution in [3.05, 3.63) is 23.1 Å². The summed E-state index contributed by atoms with van der Waals surface area (Å²) in [7, 11) is 0. The molecule has 0 amide bonds. The number of halogens is 1. The highest BCUT2D eigenvalue weighted by Gasteiger charge is 2.30. The van der Waals surface area contributed by atoms with Gasteiger partial charge in [0.15, 0.2) is 5.82 Å². The Morgan fingerprint density at radius 2 is 1.92 bits per heavy atom. The minimum atomic E-state index is -0.446. The number of hydrogen-bond donors (Lipinski definition) is 1. The summed E-state index contributed by atoms with van der Waals surface area (Å²) >= 11 is 0. The third-order valence-electron chi connectivity index (χ3n) is 5.30. The van der Waals surface area contributed by atoms with Crippen LogP contribution in [0.15, 0.2) is 10.6 Å². The quantitative estimate of drug-likeness (QED) is 0.903. The molecule has 0 saturated carbocycles. The molecular weight excluding hydrogens is 339 g/mol. The first kappa shape index (κ1) is 17.7. The average molecular weight is 364 g/mol. The van der Waals surface area contributed by atoms with Crippen LogP contribution in [0.4, 0.5) is 10.1 Å². The van der Waals surface area contributed by atoms with Crippen LogP contribution in [-0.2, 0) is 16.1 Å². The maximum atomic E-state index is 15.4. The Labute approximate surface area is 151 Å². The van der Waals surface area contributed by atoms with Crippen LogP contribution >= 0.6 is 0 Å². The molecule has 1 aromatic heterocycles. The van der Waals surface area contributed by atoms with Crippen molar-refractivity contribution in [2.24, 2.45) is 0 Å². The second-order valence-corrected chi connectivity index (χ2v) is 7.35. The lowest BCUT2D eigenvalue weighted by molar-refractivity contribution is -0.00549. The lowest BCUT2D eigenvalue weighted by Crippen LogP contribution is -2.46. The third-order valence-corrected chi connectivity index (χ3v) is 5.30. The normalized spacial score (nSPS) is 25.2. The molecule has 0 bridgehead atoms. The molecule has 6 nitrogen and oxygen atoms in total. The second-order valence-electron chi connectivity index (χ2n) is 7.35. The first-order valence-corrected chi connectivity index (χ1v) is 9.28. The Hall–Kier alpha value is -1.70. The van der Waals surface area contributed by atoms with E-state index < -0.39 is 5.82 Å². The molecule has 0 aliphatic carbocycles. The molecule has 1 N–H and O–H groups in total. The fourth-order valence-corrected chi connectivity index (χ4v) is 4.19. The van der Waals surface area contributed by atoms with Crippen LogP contribution in [-0.4, -0.2) is 48.8 Å². The lowest BCUT2D eigenvalue weighted by atomic mass is 9.93. The minimum absolute atomic E-state index is 0.00656. The van der Waals surface area contributed by atoms with Crippen molar-refractivity contribution in [2.75, 3.05) is 31.2 Å². The first-order valence-electron chi connectivity index (χ1n) is 9.28. The molecule has 26 heavy (non-hydrogen) atoms. The lowest BCUT2D eigenvalue weighted by Gasteiger charge is -2.37. The fourth-order valence-electron chi connectivity index (χ4n) is 4.19. The van der Waals surface area contributed by atoms with Crippen LogP contribution in [0.1, 0.15) is 43.9 Å². The molecule has 2 aliphatic rings. The summed E-state index contributed by atoms with van der Waals surface area (Å²) < 4.78 is 32.0. The van der Waals surface area contributed by atoms with Gasteiger partial charge in [-0.15, -0.1) is 0 Å². The van der Waals surface area contributed by atoms with Crippen molar-refractivity contribution in [3.8, 4) is 0 Å². The van der Waals surface area contributed by atoms with Crippen LogP contribution in [0.5, 0.6) is 0 Å². The molecule has 0 unspecified atom stereocenters. The number of benzene rings is 1. The van der Waals surface area contributed by atoms with Gasteiger partial charge in [0.25, 0.3) is 0 Å². The van der Waals surface area contributed by atoms with Crippen molar-refractivity contribution in [1.82, 2.24) is 5.16 Å². The fraction of sp³-hybridized carbons (Fsp3) is 0.632. The summed E-state index contributed by atoms with van der Waals surface area (Å²) in [5.41, 5.74) is 1.90. The highest BCUT2D eigenvalue weighted by Crippen LogP contribution is 2.38. The Balaban J connectivity index is 1.78. The van der Waals surface area contributed by atoms with Gasteiger partial charge >= 0.3 is 0 Å². The van der Waals surface area contributed by atoms with E-state index >= 15 is 4.39 Å². The molecule has 7 heteroatoms. The molecule has 2 aliphatic heterocycles. The Kier molecular flexibility index (Phi) is 4.86. The molecule has 2 aromatic rings. The van der Waals surface area contributed by atoms with Crippen LogP contribution in [0.3, 0.4) is 0 Å². The van der Waals surface area contributed by atoms with Gasteiger partial charge in [0.2, 0.25) is 5.58 Å². The molecule has 2 fully saturated rings. The number of rotatable bonds is 3. The summed E-state index contributed by atoms with van der Waals surface area (Å²) in [6.45, 7) is 6.19. The Morgan fingerprint density at radius 1 is 1.23 bits per heavy atom. The van der Waals surface area contributed by atoms with Gasteiger partial charge in [-0.05, 0) is 32.8 Å². The highest BCUT2D eigenvalue weighted by atomic mass is 19.1. The van der Waals surface area contributed by atoms with Gasteiger partial charge in [-0.1, -0.05) is 5.16 Å². The van der Waals surface area contributed by atoms with Gasteiger partial charge < -0.3 is 24.0 Å². The molecule has 2 saturated heterocycles. The van der Waals surface area contributed by atoms with Crippen molar-refractivity contribution < 1.29 is 23.5 Å². The van der Waals surface area contributed by atoms with Crippen molar-refractivity contribution in [1.29, 1.82) is 0 Å². The summed E-state index contributed by atoms with van der Waals surface area (Å²) in [6, 6.07) is 1.83. The maximum absolute atomic E-state index is 15.4. The zero-order valence-corrected chi connectivity index (χ0v) is 15.2. The molecule has 0 spiro atoms. The smallest absolute Gasteiger partial charge is 0.204 e. The standard InChI is InChI=1S/C19H25FN2O4/c1-11-8-22(9-12(2)25-11)18-14(10-23)7-15-17(13-3-5-24-6-4-13)21-26-19(15)16(18)20/h7,11-13,23H,3-6,8-10H2,1-2H3/t11-,12+. The summed E-state index contributed by atoms with van der Waals surface area (Å²) in [4.78, 5) is 1.94. The number of hydrogen-bond acceptors (Lipinski definition) is 6. The topological polar surface area (TPSA) is 68.0 Å². The van der Waals surface area contributed by atoms with Gasteiger partial charge in [0.05, 0.1) is 30.2 Å². The molecule has 4 rings (SSSR count). The van der Waals surface area contributed by atoms with E-state index in [1.807, 2.05) is 24.8 Å². The molecule has 1 aromatic carbocycles. The zero-order chi connectivity index (χ0) is 18.3. The largest absolute Gasteiger partial charge is 0.392 e. The third kappa shape index (κ3) is 3.08. The van der Waals surface area contributed by atoms with Gasteiger partial charge in [0, 0.05) is 43.2 Å². The van der Waals surface area contributed by atoms with Crippen molar-refractivity contribution in [3.63, 3.8) is 0 Å². The van der Waals surface area contributed by atoms with Gasteiger partial charge in [-0.25, -0.2) is 4.39 Å². The van der Waals surface area contributed by atoms with Crippen LogP contribution in [0, 0.1) is 5.82 Å². The first-order chi connectivity index (χ1) is 12.6. The predicted octanol–water partition coefficient (Wildman–Crippen LogP) is 2.97. The number of ether oxygens (including phenoxy) is 2. The SMILES string of the molecule is C[C@@H]1CN(c2c(CO)cc3c(C4CCOCC4)noc3c2F)C[C@H](C)O1. The van der Waals surface area contributed by atoms with Gasteiger partial charge in [0.1, 0.15) is 0 Å².